The van der Waals surface area contributed by atoms with Crippen molar-refractivity contribution in [2.45, 2.75) is 24.8 Å². The van der Waals surface area contributed by atoms with Gasteiger partial charge in [0.1, 0.15) is 0 Å². The van der Waals surface area contributed by atoms with Crippen LogP contribution < -0.4 is 4.90 Å². The van der Waals surface area contributed by atoms with Crippen LogP contribution >= 0.6 is 0 Å². The third kappa shape index (κ3) is 3.36. The van der Waals surface area contributed by atoms with Gasteiger partial charge in [-0.1, -0.05) is 19.6 Å². The van der Waals surface area contributed by atoms with E-state index in [9.17, 15) is 8.42 Å². The summed E-state index contributed by atoms with van der Waals surface area (Å²) in [5, 5.41) is 0. The molecule has 0 aromatic heterocycles. The van der Waals surface area contributed by atoms with Gasteiger partial charge >= 0.3 is 0 Å². The molecule has 1 aromatic carbocycles. The average molecular weight is 350 g/mol. The number of allylic oxidation sites excluding steroid dienone is 1. The summed E-state index contributed by atoms with van der Waals surface area (Å²) in [5.41, 5.74) is 0.987. The van der Waals surface area contributed by atoms with E-state index in [-0.39, 0.29) is 4.91 Å². The molecule has 24 heavy (non-hydrogen) atoms. The minimum absolute atomic E-state index is 0.190. The van der Waals surface area contributed by atoms with E-state index < -0.39 is 9.84 Å². The van der Waals surface area contributed by atoms with Gasteiger partial charge in [-0.3, -0.25) is 4.90 Å². The van der Waals surface area contributed by atoms with Crippen molar-refractivity contribution < 1.29 is 8.42 Å². The van der Waals surface area contributed by atoms with E-state index >= 15 is 0 Å². The Labute approximate surface area is 145 Å². The Morgan fingerprint density at radius 2 is 1.88 bits per heavy atom. The molecule has 0 amide bonds. The number of piperazine rings is 1. The monoisotopic (exact) mass is 349 g/mol. The molecule has 0 atom stereocenters. The summed E-state index contributed by atoms with van der Waals surface area (Å²) >= 11 is 0. The van der Waals surface area contributed by atoms with Crippen molar-refractivity contribution in [1.82, 2.24) is 9.80 Å². The number of rotatable bonds is 5. The molecule has 0 unspecified atom stereocenters. The van der Waals surface area contributed by atoms with Gasteiger partial charge in [-0.25, -0.2) is 8.42 Å². The third-order valence-corrected chi connectivity index (χ3v) is 6.96. The lowest BCUT2D eigenvalue weighted by molar-refractivity contribution is 0.0345. The normalized spacial score (nSPS) is 20.8. The molecule has 2 fully saturated rings. The van der Waals surface area contributed by atoms with Gasteiger partial charge in [0.2, 0.25) is 9.84 Å². The van der Waals surface area contributed by atoms with Gasteiger partial charge in [0, 0.05) is 55.9 Å². The van der Waals surface area contributed by atoms with Crippen LogP contribution in [0.25, 0.3) is 0 Å². The molecule has 2 aliphatic heterocycles. The Hall–Kier alpha value is -1.37. The predicted molar refractivity (Wildman–Crippen MR) is 98.1 cm³/mol. The van der Waals surface area contributed by atoms with Crippen molar-refractivity contribution in [1.29, 1.82) is 0 Å². The van der Waals surface area contributed by atoms with Crippen LogP contribution in [0.3, 0.4) is 0 Å². The highest BCUT2D eigenvalue weighted by molar-refractivity contribution is 7.95. The molecule has 0 aliphatic carbocycles. The van der Waals surface area contributed by atoms with Crippen LogP contribution in [0.1, 0.15) is 13.8 Å². The number of hydrogen-bond donors (Lipinski definition) is 0. The second kappa shape index (κ2) is 6.86. The van der Waals surface area contributed by atoms with Crippen LogP contribution in [0.5, 0.6) is 0 Å². The summed E-state index contributed by atoms with van der Waals surface area (Å²) in [6, 6.07) is 7.94. The van der Waals surface area contributed by atoms with Gasteiger partial charge in [0.15, 0.2) is 0 Å². The molecule has 0 bridgehead atoms. The molecule has 0 radical (unpaired) electrons. The summed E-state index contributed by atoms with van der Waals surface area (Å²) in [5.74, 6) is 0. The first-order valence-electron chi connectivity index (χ1n) is 8.64. The zero-order valence-electron chi connectivity index (χ0n) is 14.6. The fraction of sp³-hybridized carbons (Fsp3) is 0.556. The fourth-order valence-electron chi connectivity index (χ4n) is 3.43. The first-order valence-corrected chi connectivity index (χ1v) is 10.1. The fourth-order valence-corrected chi connectivity index (χ4v) is 4.36. The van der Waals surface area contributed by atoms with E-state index in [1.54, 1.807) is 19.1 Å². The molecule has 1 aromatic rings. The molecule has 0 N–H and O–H groups in total. The highest BCUT2D eigenvalue weighted by atomic mass is 32.2. The summed E-state index contributed by atoms with van der Waals surface area (Å²) < 4.78 is 24.6. The summed E-state index contributed by atoms with van der Waals surface area (Å²) in [4.78, 5) is 7.84. The maximum Gasteiger partial charge on any atom is 0.201 e. The van der Waals surface area contributed by atoms with Crippen molar-refractivity contribution in [3.63, 3.8) is 0 Å². The molecule has 2 aliphatic rings. The Morgan fingerprint density at radius 3 is 2.46 bits per heavy atom. The number of sulfone groups is 1. The van der Waals surface area contributed by atoms with Crippen LogP contribution in [-0.2, 0) is 9.84 Å². The van der Waals surface area contributed by atoms with Crippen LogP contribution in [0.2, 0.25) is 0 Å². The summed E-state index contributed by atoms with van der Waals surface area (Å²) in [7, 11) is -3.40. The standard InChI is InChI=1S/C18H27N3O2S/c1-4-19-13-17(14-19)21-10-8-20(9-11-21)16-6-5-7-18(12-16)24(22,23)15(2)3/h5-7,12,17H,2,4,8-11,13-14H2,1,3H3. The molecule has 2 heterocycles. The lowest BCUT2D eigenvalue weighted by Crippen LogP contribution is -2.62. The maximum absolute atomic E-state index is 12.3. The largest absolute Gasteiger partial charge is 0.369 e. The quantitative estimate of drug-likeness (QED) is 0.811. The number of nitrogens with zero attached hydrogens (tertiary/aromatic N) is 3. The lowest BCUT2D eigenvalue weighted by Gasteiger charge is -2.48. The van der Waals surface area contributed by atoms with E-state index in [4.69, 9.17) is 0 Å². The number of likely N-dealkylation sites (tertiary alicyclic amines) is 1. The molecule has 132 valence electrons. The van der Waals surface area contributed by atoms with Gasteiger partial charge in [0.25, 0.3) is 0 Å². The molecule has 5 nitrogen and oxygen atoms in total. The third-order valence-electron chi connectivity index (χ3n) is 5.17. The number of anilines is 1. The number of likely N-dealkylation sites (N-methyl/N-ethyl adjacent to an activating group) is 1. The van der Waals surface area contributed by atoms with Gasteiger partial charge in [-0.05, 0) is 31.7 Å². The highest BCUT2D eigenvalue weighted by Crippen LogP contribution is 2.25. The average Bonchev–Trinajstić information content (AvgIpc) is 2.54. The van der Waals surface area contributed by atoms with Crippen LogP contribution in [0.4, 0.5) is 5.69 Å². The minimum atomic E-state index is -3.40. The maximum atomic E-state index is 12.3. The Bertz CT molecular complexity index is 703. The molecule has 0 saturated carbocycles. The van der Waals surface area contributed by atoms with E-state index in [0.717, 1.165) is 38.4 Å². The lowest BCUT2D eigenvalue weighted by atomic mass is 10.1. The van der Waals surface area contributed by atoms with Crippen LogP contribution in [0, 0.1) is 0 Å². The highest BCUT2D eigenvalue weighted by Gasteiger charge is 2.32. The molecule has 3 rings (SSSR count). The molecule has 6 heteroatoms. The van der Waals surface area contributed by atoms with Crippen molar-refractivity contribution in [2.75, 3.05) is 50.7 Å². The van der Waals surface area contributed by atoms with E-state index in [2.05, 4.69) is 28.2 Å². The van der Waals surface area contributed by atoms with Gasteiger partial charge < -0.3 is 9.80 Å². The number of benzene rings is 1. The summed E-state index contributed by atoms with van der Waals surface area (Å²) in [6.07, 6.45) is 0. The number of hydrogen-bond acceptors (Lipinski definition) is 5. The smallest absolute Gasteiger partial charge is 0.201 e. The Morgan fingerprint density at radius 1 is 1.21 bits per heavy atom. The second-order valence-electron chi connectivity index (χ2n) is 6.73. The molecule has 2 saturated heterocycles. The Balaban J connectivity index is 1.64. The van der Waals surface area contributed by atoms with E-state index in [1.165, 1.54) is 13.1 Å². The predicted octanol–water partition coefficient (Wildman–Crippen LogP) is 1.82. The molecular formula is C18H27N3O2S. The van der Waals surface area contributed by atoms with Crippen molar-refractivity contribution in [2.24, 2.45) is 0 Å². The van der Waals surface area contributed by atoms with Gasteiger partial charge in [-0.2, -0.15) is 0 Å². The van der Waals surface area contributed by atoms with Gasteiger partial charge in [0.05, 0.1) is 4.90 Å². The van der Waals surface area contributed by atoms with Crippen molar-refractivity contribution in [3.05, 3.63) is 35.7 Å². The van der Waals surface area contributed by atoms with E-state index in [1.807, 2.05) is 12.1 Å². The first kappa shape index (κ1) is 17.5. The molecule has 0 spiro atoms. The first-order chi connectivity index (χ1) is 11.4. The Kier molecular flexibility index (Phi) is 4.99. The zero-order valence-corrected chi connectivity index (χ0v) is 15.4. The molecular weight excluding hydrogens is 322 g/mol. The SMILES string of the molecule is C=C(C)S(=O)(=O)c1cccc(N2CCN(C3CN(CC)C3)CC2)c1. The van der Waals surface area contributed by atoms with Crippen LogP contribution in [0.15, 0.2) is 40.6 Å². The van der Waals surface area contributed by atoms with Crippen LogP contribution in [-0.4, -0.2) is 70.1 Å². The summed E-state index contributed by atoms with van der Waals surface area (Å²) in [6.45, 7) is 14.8. The van der Waals surface area contributed by atoms with E-state index in [0.29, 0.717) is 10.9 Å². The second-order valence-corrected chi connectivity index (χ2v) is 8.91. The van der Waals surface area contributed by atoms with Crippen molar-refractivity contribution in [3.8, 4) is 0 Å². The minimum Gasteiger partial charge on any atom is -0.369 e. The van der Waals surface area contributed by atoms with Crippen molar-refractivity contribution >= 4 is 15.5 Å². The topological polar surface area (TPSA) is 43.9 Å². The van der Waals surface area contributed by atoms with Gasteiger partial charge in [-0.15, -0.1) is 0 Å². The zero-order chi connectivity index (χ0) is 17.3.